The first-order valence-corrected chi connectivity index (χ1v) is 29.1. The summed E-state index contributed by atoms with van der Waals surface area (Å²) < 4.78 is 0. The lowest BCUT2D eigenvalue weighted by molar-refractivity contribution is -0.142. The van der Waals surface area contributed by atoms with E-state index < -0.39 is 95.7 Å². The Hall–Kier alpha value is -10.3. The van der Waals surface area contributed by atoms with Gasteiger partial charge in [0.05, 0.1) is 6.04 Å². The minimum absolute atomic E-state index is 0.000831. The number of hydrogen-bond acceptors (Lipinski definition) is 13. The lowest BCUT2D eigenvalue weighted by Gasteiger charge is -2.28. The third kappa shape index (κ3) is 28.2. The molecule has 7 amide bonds. The van der Waals surface area contributed by atoms with Gasteiger partial charge in [-0.1, -0.05) is 121 Å². The number of carbonyl (C=O) groups is 8. The number of carboxylic acids is 1. The minimum atomic E-state index is -1.45. The van der Waals surface area contributed by atoms with Crippen LogP contribution in [0.15, 0.2) is 141 Å². The van der Waals surface area contributed by atoms with Gasteiger partial charge in [0.15, 0.2) is 23.8 Å². The Bertz CT molecular complexity index is 3010. The van der Waals surface area contributed by atoms with Crippen LogP contribution in [0.25, 0.3) is 0 Å². The first kappa shape index (κ1) is 71.2. The Morgan fingerprint density at radius 2 is 0.528 bits per heavy atom. The number of amides is 7. The molecule has 26 N–H and O–H groups in total. The van der Waals surface area contributed by atoms with Crippen molar-refractivity contribution in [3.8, 4) is 0 Å². The highest BCUT2D eigenvalue weighted by atomic mass is 16.4. The molecule has 4 rings (SSSR count). The van der Waals surface area contributed by atoms with Crippen LogP contribution in [0.3, 0.4) is 0 Å². The van der Waals surface area contributed by atoms with E-state index in [4.69, 9.17) is 51.6 Å². The number of aliphatic imine (C=N–C) groups is 4. The zero-order valence-electron chi connectivity index (χ0n) is 49.7. The van der Waals surface area contributed by atoms with Crippen LogP contribution in [0.5, 0.6) is 0 Å². The second-order valence-corrected chi connectivity index (χ2v) is 20.9. The predicted octanol–water partition coefficient (Wildman–Crippen LogP) is -3.02. The molecule has 29 nitrogen and oxygen atoms in total. The maximum Gasteiger partial charge on any atom is 0.326 e. The molecule has 4 aromatic carbocycles. The van der Waals surface area contributed by atoms with Gasteiger partial charge in [0.1, 0.15) is 42.3 Å². The standard InChI is InChI=1S/C60H86N20O9/c61-41(33-37-17-5-1-6-18-37)49(81)78-46(34-38-19-7-2-8-20-38)53(85)75-42(25-13-29-70-57(62)63)50(82)74-44(27-15-31-72-59(66)67)52(84)79-48(36-40-23-11-4-12-24-40)55(87)80-47(35-39-21-9-3-10-22-39)54(86)76-43(26-14-30-71-58(64)65)51(83)77-45(56(88)89)28-16-32-73-60(68)69/h1-12,17-24,41-48H,13-16,25-36,61H2,(H,74,82)(H,75,85)(H,76,86)(H,77,83)(H,78,81)(H,79,84)(H,80,87)(H,88,89)(H4,62,63,70)(H4,64,65,71)(H4,66,67,72)(H4,68,69,73)/t41-,42-,43-,44-,45-,46-,47-,48-/m0/s1. The molecular formula is C60H86N20O9. The first-order valence-electron chi connectivity index (χ1n) is 29.1. The maximum atomic E-state index is 14.9. The summed E-state index contributed by atoms with van der Waals surface area (Å²) in [6.45, 7) is 0.182. The van der Waals surface area contributed by atoms with Crippen LogP contribution in [0.4, 0.5) is 0 Å². The van der Waals surface area contributed by atoms with Gasteiger partial charge in [-0.25, -0.2) is 4.79 Å². The van der Waals surface area contributed by atoms with E-state index in [1.54, 1.807) is 91.0 Å². The molecule has 0 aliphatic heterocycles. The van der Waals surface area contributed by atoms with Crippen LogP contribution < -0.4 is 88.8 Å². The molecule has 0 aliphatic rings. The third-order valence-electron chi connectivity index (χ3n) is 13.7. The van der Waals surface area contributed by atoms with Crippen molar-refractivity contribution in [2.75, 3.05) is 26.2 Å². The highest BCUT2D eigenvalue weighted by Gasteiger charge is 2.35. The fourth-order valence-electron chi connectivity index (χ4n) is 9.13. The molecule has 0 saturated heterocycles. The van der Waals surface area contributed by atoms with Gasteiger partial charge in [0.25, 0.3) is 0 Å². The highest BCUT2D eigenvalue weighted by molar-refractivity contribution is 5.98. The highest BCUT2D eigenvalue weighted by Crippen LogP contribution is 2.13. The van der Waals surface area contributed by atoms with Crippen molar-refractivity contribution in [3.63, 3.8) is 0 Å². The largest absolute Gasteiger partial charge is 0.480 e. The molecule has 8 atom stereocenters. The molecule has 0 saturated carbocycles. The lowest BCUT2D eigenvalue weighted by atomic mass is 10.0. The molecular weight excluding hydrogens is 1140 g/mol. The number of carboxylic acid groups (broad SMARTS) is 1. The summed E-state index contributed by atoms with van der Waals surface area (Å²) in [6, 6.07) is 24.4. The molecule has 0 heterocycles. The number of carbonyl (C=O) groups excluding carboxylic acids is 7. The van der Waals surface area contributed by atoms with Crippen molar-refractivity contribution >= 4 is 71.2 Å². The van der Waals surface area contributed by atoms with E-state index in [0.717, 1.165) is 5.56 Å². The van der Waals surface area contributed by atoms with Gasteiger partial charge >= 0.3 is 5.97 Å². The smallest absolute Gasteiger partial charge is 0.326 e. The van der Waals surface area contributed by atoms with Gasteiger partial charge in [-0.3, -0.25) is 53.5 Å². The van der Waals surface area contributed by atoms with Crippen LogP contribution in [0.1, 0.15) is 73.6 Å². The van der Waals surface area contributed by atoms with Crippen molar-refractivity contribution in [2.24, 2.45) is 71.6 Å². The molecule has 480 valence electrons. The molecule has 0 fully saturated rings. The van der Waals surface area contributed by atoms with E-state index in [1.165, 1.54) is 0 Å². The molecule has 0 aliphatic carbocycles. The average Bonchev–Trinajstić information content (AvgIpc) is 3.54. The van der Waals surface area contributed by atoms with E-state index in [2.05, 4.69) is 57.2 Å². The monoisotopic (exact) mass is 1230 g/mol. The van der Waals surface area contributed by atoms with Gasteiger partial charge < -0.3 is 93.9 Å². The summed E-state index contributed by atoms with van der Waals surface area (Å²) in [7, 11) is 0. The van der Waals surface area contributed by atoms with Crippen molar-refractivity contribution in [1.82, 2.24) is 37.2 Å². The number of aliphatic carboxylic acids is 1. The summed E-state index contributed by atoms with van der Waals surface area (Å²) in [4.78, 5) is 130. The molecule has 29 heteroatoms. The van der Waals surface area contributed by atoms with E-state index in [-0.39, 0.29) is 127 Å². The Labute approximate surface area is 516 Å². The first-order chi connectivity index (χ1) is 42.6. The predicted molar refractivity (Wildman–Crippen MR) is 339 cm³/mol. The van der Waals surface area contributed by atoms with Crippen LogP contribution in [0.2, 0.25) is 0 Å². The van der Waals surface area contributed by atoms with Gasteiger partial charge in [-0.05, 0) is 80.0 Å². The normalized spacial score (nSPS) is 13.4. The average molecular weight is 1230 g/mol. The van der Waals surface area contributed by atoms with Crippen LogP contribution in [-0.4, -0.2) is 151 Å². The molecule has 0 spiro atoms. The molecule has 0 bridgehead atoms. The Morgan fingerprint density at radius 1 is 0.315 bits per heavy atom. The SMILES string of the molecule is NC(N)=NCCC[C@H](NC(=O)[C@H](CCCN=C(N)N)NC(=O)[C@H](Cc1ccccc1)NC(=O)[C@H](Cc1ccccc1)NC(=O)[C@H](CCCN=C(N)N)NC(=O)[C@H](CCCN=C(N)N)NC(=O)[C@H](Cc1ccccc1)NC(=O)[C@@H](N)Cc1ccccc1)C(=O)O. The third-order valence-corrected chi connectivity index (χ3v) is 13.7. The van der Waals surface area contributed by atoms with Crippen molar-refractivity contribution in [2.45, 2.75) is 125 Å². The number of guanidine groups is 4. The Balaban J connectivity index is 1.69. The van der Waals surface area contributed by atoms with Crippen LogP contribution >= 0.6 is 0 Å². The van der Waals surface area contributed by atoms with Crippen molar-refractivity contribution in [3.05, 3.63) is 144 Å². The molecule has 0 unspecified atom stereocenters. The minimum Gasteiger partial charge on any atom is -0.480 e. The quantitative estimate of drug-likeness (QED) is 0.0120. The van der Waals surface area contributed by atoms with Gasteiger partial charge in [-0.2, -0.15) is 0 Å². The summed E-state index contributed by atoms with van der Waals surface area (Å²) >= 11 is 0. The Kier molecular flexibility index (Phi) is 30.9. The van der Waals surface area contributed by atoms with Crippen molar-refractivity contribution in [1.29, 1.82) is 0 Å². The number of nitrogens with one attached hydrogen (secondary N) is 7. The van der Waals surface area contributed by atoms with Crippen LogP contribution in [-0.2, 0) is 64.0 Å². The summed E-state index contributed by atoms with van der Waals surface area (Å²) in [5.74, 6) is -7.88. The van der Waals surface area contributed by atoms with Gasteiger partial charge in [0.2, 0.25) is 41.4 Å². The molecule has 4 aromatic rings. The number of benzene rings is 4. The molecule has 89 heavy (non-hydrogen) atoms. The second-order valence-electron chi connectivity index (χ2n) is 20.9. The maximum absolute atomic E-state index is 14.9. The lowest BCUT2D eigenvalue weighted by Crippen LogP contribution is -2.61. The number of nitrogens with two attached hydrogens (primary N) is 9. The molecule has 0 radical (unpaired) electrons. The zero-order valence-corrected chi connectivity index (χ0v) is 49.7. The van der Waals surface area contributed by atoms with E-state index in [9.17, 15) is 43.5 Å². The number of hydrogen-bond donors (Lipinski definition) is 17. The second kappa shape index (κ2) is 38.7. The van der Waals surface area contributed by atoms with Gasteiger partial charge in [-0.15, -0.1) is 0 Å². The van der Waals surface area contributed by atoms with E-state index >= 15 is 0 Å². The fourth-order valence-corrected chi connectivity index (χ4v) is 9.13. The number of nitrogens with zero attached hydrogens (tertiary/aromatic N) is 4. The van der Waals surface area contributed by atoms with Gasteiger partial charge in [0, 0.05) is 45.4 Å². The topological polar surface area (TPSA) is 525 Å². The fraction of sp³-hybridized carbons (Fsp3) is 0.400. The Morgan fingerprint density at radius 3 is 0.787 bits per heavy atom. The molecule has 0 aromatic heterocycles. The summed E-state index contributed by atoms with van der Waals surface area (Å²) in [5, 5.41) is 29.1. The summed E-state index contributed by atoms with van der Waals surface area (Å²) in [5.41, 5.74) is 53.4. The number of rotatable bonds is 39. The van der Waals surface area contributed by atoms with E-state index in [0.29, 0.717) is 16.7 Å². The van der Waals surface area contributed by atoms with Crippen LogP contribution in [0, 0.1) is 0 Å². The summed E-state index contributed by atoms with van der Waals surface area (Å²) in [6.07, 6.45) is 0.146. The zero-order chi connectivity index (χ0) is 65.1. The van der Waals surface area contributed by atoms with Crippen molar-refractivity contribution < 1.29 is 43.5 Å². The van der Waals surface area contributed by atoms with E-state index in [1.807, 2.05) is 30.3 Å².